The Hall–Kier alpha value is -2.47. The van der Waals surface area contributed by atoms with E-state index in [1.165, 1.54) is 20.1 Å². The van der Waals surface area contributed by atoms with Gasteiger partial charge in [0.2, 0.25) is 10.0 Å². The number of carbonyl (C=O) groups is 2. The van der Waals surface area contributed by atoms with E-state index >= 15 is 0 Å². The number of rotatable bonds is 14. The van der Waals surface area contributed by atoms with Gasteiger partial charge in [0.05, 0.1) is 11.8 Å². The Balaban J connectivity index is 1.09. The first-order valence-electron chi connectivity index (χ1n) is 20.3. The minimum Gasteiger partial charge on any atom is -0.462 e. The van der Waals surface area contributed by atoms with Crippen LogP contribution in [0.2, 0.25) is 5.02 Å². The van der Waals surface area contributed by atoms with Gasteiger partial charge in [-0.3, -0.25) is 14.6 Å². The van der Waals surface area contributed by atoms with Crippen LogP contribution < -0.4 is 10.0 Å². The van der Waals surface area contributed by atoms with Gasteiger partial charge in [0.15, 0.2) is 0 Å². The number of halogens is 1. The molecule has 0 aliphatic heterocycles. The molecule has 54 heavy (non-hydrogen) atoms. The van der Waals surface area contributed by atoms with Crippen molar-refractivity contribution in [1.29, 1.82) is 0 Å². The largest absolute Gasteiger partial charge is 0.462 e. The quantitative estimate of drug-likeness (QED) is 0.146. The van der Waals surface area contributed by atoms with Crippen LogP contribution >= 0.6 is 11.6 Å². The summed E-state index contributed by atoms with van der Waals surface area (Å²) in [5, 5.41) is 5.35. The number of aromatic nitrogens is 1. The maximum absolute atomic E-state index is 12.8. The molecule has 0 saturated heterocycles. The van der Waals surface area contributed by atoms with Crippen LogP contribution in [0.25, 0.3) is 10.9 Å². The molecule has 0 radical (unpaired) electrons. The van der Waals surface area contributed by atoms with Crippen LogP contribution in [0.1, 0.15) is 98.8 Å². The molecule has 10 nitrogen and oxygen atoms in total. The molecule has 4 aliphatic carbocycles. The van der Waals surface area contributed by atoms with Crippen LogP contribution in [-0.4, -0.2) is 81.4 Å². The lowest BCUT2D eigenvalue weighted by molar-refractivity contribution is -0.220. The summed E-state index contributed by atoms with van der Waals surface area (Å²) in [5.41, 5.74) is 1.69. The number of sulfonamides is 1. The summed E-state index contributed by atoms with van der Waals surface area (Å²) >= 11 is 6.17. The fraction of sp³-hybridized carbons (Fsp3) is 0.738. The fourth-order valence-corrected chi connectivity index (χ4v) is 13.1. The lowest BCUT2D eigenvalue weighted by Crippen LogP contribution is -2.64. The van der Waals surface area contributed by atoms with Crippen LogP contribution in [0.3, 0.4) is 0 Å². The second kappa shape index (κ2) is 16.6. The number of ether oxygens (including phenoxy) is 2. The molecule has 1 heterocycles. The van der Waals surface area contributed by atoms with E-state index in [9.17, 15) is 18.0 Å². The van der Waals surface area contributed by atoms with Crippen LogP contribution in [0.4, 0.5) is 5.69 Å². The van der Waals surface area contributed by atoms with Crippen molar-refractivity contribution < 1.29 is 27.5 Å². The van der Waals surface area contributed by atoms with Gasteiger partial charge in [-0.2, -0.15) is 0 Å². The summed E-state index contributed by atoms with van der Waals surface area (Å²) in [7, 11) is -1.13. The van der Waals surface area contributed by atoms with Gasteiger partial charge in [-0.05, 0) is 144 Å². The summed E-state index contributed by atoms with van der Waals surface area (Å²) in [5.74, 6) is 1.24. The first kappa shape index (κ1) is 41.2. The SMILES string of the molecule is CC(=O)O[C@H]1C[C@H]2[C@@H]([C@H](OC(C)=O)C[C@@H]3C[C@H](NS(C)(=O)=O)CC[C@@]32C)[C@@H]2CC[C@H]([C@H](C)CCCN(C)CCCNc3ccnc4cc(Cl)ccc34)[C@@]12C. The molecule has 11 atom stereocenters. The van der Waals surface area contributed by atoms with Gasteiger partial charge >= 0.3 is 11.9 Å². The highest BCUT2D eigenvalue weighted by atomic mass is 35.5. The minimum absolute atomic E-state index is 0.0546. The van der Waals surface area contributed by atoms with Crippen molar-refractivity contribution in [2.24, 2.45) is 46.3 Å². The van der Waals surface area contributed by atoms with Crippen molar-refractivity contribution in [3.8, 4) is 0 Å². The molecule has 4 aliphatic rings. The number of pyridine rings is 1. The third kappa shape index (κ3) is 8.74. The van der Waals surface area contributed by atoms with E-state index in [0.717, 1.165) is 100 Å². The Morgan fingerprint density at radius 1 is 1.02 bits per heavy atom. The number of hydrogen-bond acceptors (Lipinski definition) is 9. The molecular weight excluding hydrogens is 724 g/mol. The minimum atomic E-state index is -3.33. The van der Waals surface area contributed by atoms with Gasteiger partial charge in [0, 0.05) is 60.1 Å². The van der Waals surface area contributed by atoms with Gasteiger partial charge < -0.3 is 19.7 Å². The molecule has 4 saturated carbocycles. The number of nitrogens with one attached hydrogen (secondary N) is 2. The van der Waals surface area contributed by atoms with Crippen LogP contribution in [0, 0.1) is 46.3 Å². The number of hydrogen-bond donors (Lipinski definition) is 2. The first-order valence-corrected chi connectivity index (χ1v) is 22.5. The lowest BCUT2D eigenvalue weighted by Gasteiger charge is -2.64. The zero-order chi connectivity index (χ0) is 39.0. The van der Waals surface area contributed by atoms with E-state index in [2.05, 4.69) is 47.7 Å². The van der Waals surface area contributed by atoms with E-state index in [-0.39, 0.29) is 64.7 Å². The molecule has 6 rings (SSSR count). The zero-order valence-corrected chi connectivity index (χ0v) is 35.0. The maximum atomic E-state index is 12.8. The lowest BCUT2D eigenvalue weighted by atomic mass is 9.43. The number of carbonyl (C=O) groups excluding carboxylic acids is 2. The summed E-state index contributed by atoms with van der Waals surface area (Å²) in [6.45, 7) is 13.1. The standard InChI is InChI=1S/C42H63ClN4O6S/c1-26(10-8-20-47(6)21-9-18-44-36-16-19-45-37-24-30(43)11-12-32(36)37)33-13-14-34-40-35(25-39(42(33,34)5)53-28(3)49)41(4)17-15-31(46-54(7,50)51)22-29(41)23-38(40)52-27(2)48/h11-12,16,19,24,26,29,31,33-35,38-40,46H,8-10,13-15,17-18,20-23,25H2,1-7H3,(H,44,45)/t26-,29+,31-,33-,34+,35+,38-,39+,40+,41+,42-/m1/s1. The number of benzene rings is 1. The number of fused-ring (bicyclic) bond motifs is 6. The molecule has 0 amide bonds. The molecule has 2 N–H and O–H groups in total. The van der Waals surface area contributed by atoms with Gasteiger partial charge in [-0.15, -0.1) is 0 Å². The highest BCUT2D eigenvalue weighted by molar-refractivity contribution is 7.88. The second-order valence-electron chi connectivity index (χ2n) is 17.8. The van der Waals surface area contributed by atoms with E-state index in [1.807, 2.05) is 30.5 Å². The molecule has 0 unspecified atom stereocenters. The van der Waals surface area contributed by atoms with Crippen LogP contribution in [-0.2, 0) is 29.1 Å². The summed E-state index contributed by atoms with van der Waals surface area (Å²) < 4.78 is 39.8. The molecular formula is C42H63ClN4O6S. The smallest absolute Gasteiger partial charge is 0.302 e. The normalized spacial score (nSPS) is 34.1. The Morgan fingerprint density at radius 2 is 1.76 bits per heavy atom. The molecule has 0 spiro atoms. The molecule has 4 fully saturated rings. The average molecular weight is 788 g/mol. The molecule has 1 aromatic carbocycles. The van der Waals surface area contributed by atoms with Crippen LogP contribution in [0.5, 0.6) is 0 Å². The van der Waals surface area contributed by atoms with Gasteiger partial charge in [-0.25, -0.2) is 13.1 Å². The summed E-state index contributed by atoms with van der Waals surface area (Å²) in [6.07, 6.45) is 11.9. The predicted molar refractivity (Wildman–Crippen MR) is 215 cm³/mol. The Morgan fingerprint density at radius 3 is 2.48 bits per heavy atom. The summed E-state index contributed by atoms with van der Waals surface area (Å²) in [4.78, 5) is 32.2. The Bertz CT molecular complexity index is 1780. The zero-order valence-electron chi connectivity index (χ0n) is 33.4. The van der Waals surface area contributed by atoms with Gasteiger partial charge in [-0.1, -0.05) is 32.4 Å². The van der Waals surface area contributed by atoms with Gasteiger partial charge in [0.25, 0.3) is 0 Å². The van der Waals surface area contributed by atoms with E-state index in [4.69, 9.17) is 21.1 Å². The number of anilines is 1. The van der Waals surface area contributed by atoms with E-state index in [1.54, 1.807) is 0 Å². The third-order valence-electron chi connectivity index (χ3n) is 14.4. The van der Waals surface area contributed by atoms with Crippen LogP contribution in [0.15, 0.2) is 30.5 Å². The fourth-order valence-electron chi connectivity index (χ4n) is 12.1. The van der Waals surface area contributed by atoms with E-state index in [0.29, 0.717) is 16.9 Å². The Labute approximate surface area is 328 Å². The topological polar surface area (TPSA) is 127 Å². The Kier molecular flexibility index (Phi) is 12.6. The summed E-state index contributed by atoms with van der Waals surface area (Å²) in [6, 6.07) is 7.71. The molecule has 2 aromatic rings. The van der Waals surface area contributed by atoms with Crippen molar-refractivity contribution in [2.75, 3.05) is 38.3 Å². The van der Waals surface area contributed by atoms with Crippen molar-refractivity contribution in [1.82, 2.24) is 14.6 Å². The molecule has 12 heteroatoms. The maximum Gasteiger partial charge on any atom is 0.302 e. The first-order chi connectivity index (χ1) is 25.5. The van der Waals surface area contributed by atoms with Gasteiger partial charge in [0.1, 0.15) is 12.2 Å². The monoisotopic (exact) mass is 786 g/mol. The van der Waals surface area contributed by atoms with Crippen molar-refractivity contribution in [2.45, 2.75) is 117 Å². The molecule has 1 aromatic heterocycles. The van der Waals surface area contributed by atoms with Crippen molar-refractivity contribution >= 4 is 50.2 Å². The number of esters is 2. The second-order valence-corrected chi connectivity index (χ2v) is 20.1. The highest BCUT2D eigenvalue weighted by Crippen LogP contribution is 2.69. The molecule has 300 valence electrons. The molecule has 0 bridgehead atoms. The average Bonchev–Trinajstić information content (AvgIpc) is 3.44. The van der Waals surface area contributed by atoms with E-state index < -0.39 is 10.0 Å². The number of nitrogens with zero attached hydrogens (tertiary/aromatic N) is 2. The third-order valence-corrected chi connectivity index (χ3v) is 15.4. The predicted octanol–water partition coefficient (Wildman–Crippen LogP) is 7.70. The van der Waals surface area contributed by atoms with Crippen molar-refractivity contribution in [3.05, 3.63) is 35.5 Å². The highest BCUT2D eigenvalue weighted by Gasteiger charge is 2.67. The van der Waals surface area contributed by atoms with Crippen molar-refractivity contribution in [3.63, 3.8) is 0 Å².